The summed E-state index contributed by atoms with van der Waals surface area (Å²) in [6.45, 7) is 0. The molecule has 0 aliphatic carbocycles. The average molecular weight is 199 g/mol. The van der Waals surface area contributed by atoms with Crippen molar-refractivity contribution in [2.45, 2.75) is 0 Å². The first-order chi connectivity index (χ1) is 7.34. The fourth-order valence-electron chi connectivity index (χ4n) is 1.63. The number of hydrogen-bond acceptors (Lipinski definition) is 3. The van der Waals surface area contributed by atoms with Gasteiger partial charge in [-0.15, -0.1) is 10.2 Å². The molecule has 0 radical (unpaired) electrons. The molecule has 0 saturated carbocycles. The number of aromatic amines is 1. The third-order valence-electron chi connectivity index (χ3n) is 2.34. The van der Waals surface area contributed by atoms with Gasteiger partial charge in [-0.1, -0.05) is 18.2 Å². The average Bonchev–Trinajstić information content (AvgIpc) is 2.82. The van der Waals surface area contributed by atoms with E-state index in [0.29, 0.717) is 5.82 Å². The summed E-state index contributed by atoms with van der Waals surface area (Å²) in [6, 6.07) is 10.0. The highest BCUT2D eigenvalue weighted by Gasteiger charge is 2.07. The minimum absolute atomic E-state index is 0.631. The van der Waals surface area contributed by atoms with E-state index in [4.69, 9.17) is 5.84 Å². The Morgan fingerprint density at radius 3 is 2.87 bits per heavy atom. The van der Waals surface area contributed by atoms with Gasteiger partial charge < -0.3 is 10.8 Å². The maximum absolute atomic E-state index is 5.67. The van der Waals surface area contributed by atoms with Crippen LogP contribution in [0.3, 0.4) is 0 Å². The van der Waals surface area contributed by atoms with Crippen LogP contribution in [-0.2, 0) is 0 Å². The Balaban J connectivity index is 2.24. The van der Waals surface area contributed by atoms with Crippen LogP contribution in [0.25, 0.3) is 22.4 Å². The third kappa shape index (κ3) is 1.17. The number of nitrogens with zero attached hydrogens (tertiary/aromatic N) is 3. The van der Waals surface area contributed by atoms with Crippen molar-refractivity contribution in [1.29, 1.82) is 0 Å². The highest BCUT2D eigenvalue weighted by molar-refractivity contribution is 5.84. The second-order valence-electron chi connectivity index (χ2n) is 3.33. The van der Waals surface area contributed by atoms with Crippen LogP contribution in [0, 0.1) is 0 Å². The lowest BCUT2D eigenvalue weighted by Crippen LogP contribution is -2.08. The second-order valence-corrected chi connectivity index (χ2v) is 3.33. The van der Waals surface area contributed by atoms with E-state index in [1.165, 1.54) is 11.0 Å². The van der Waals surface area contributed by atoms with Crippen LogP contribution in [0.2, 0.25) is 0 Å². The lowest BCUT2D eigenvalue weighted by Gasteiger charge is -1.94. The van der Waals surface area contributed by atoms with Gasteiger partial charge in [-0.2, -0.15) is 0 Å². The van der Waals surface area contributed by atoms with E-state index >= 15 is 0 Å². The first-order valence-corrected chi connectivity index (χ1v) is 4.58. The standard InChI is InChI=1S/C10H9N5/c11-15-6-12-14-10(15)9-5-7-3-1-2-4-8(7)13-9/h1-6,13H,11H2. The van der Waals surface area contributed by atoms with Crippen molar-refractivity contribution in [2.75, 3.05) is 5.84 Å². The largest absolute Gasteiger partial charge is 0.352 e. The quantitative estimate of drug-likeness (QED) is 0.577. The number of nitrogens with two attached hydrogens (primary N) is 1. The summed E-state index contributed by atoms with van der Waals surface area (Å²) in [4.78, 5) is 3.24. The van der Waals surface area contributed by atoms with Crippen molar-refractivity contribution >= 4 is 10.9 Å². The zero-order chi connectivity index (χ0) is 10.3. The molecule has 0 unspecified atom stereocenters. The number of fused-ring (bicyclic) bond motifs is 1. The molecule has 3 N–H and O–H groups in total. The van der Waals surface area contributed by atoms with Gasteiger partial charge in [0.25, 0.3) is 0 Å². The first-order valence-electron chi connectivity index (χ1n) is 4.58. The number of nitrogen functional groups attached to an aromatic ring is 1. The predicted molar refractivity (Wildman–Crippen MR) is 57.5 cm³/mol. The maximum atomic E-state index is 5.67. The van der Waals surface area contributed by atoms with E-state index in [1.54, 1.807) is 0 Å². The number of para-hydroxylation sites is 1. The molecule has 0 atom stereocenters. The molecular weight excluding hydrogens is 190 g/mol. The van der Waals surface area contributed by atoms with Crippen LogP contribution in [0.5, 0.6) is 0 Å². The van der Waals surface area contributed by atoms with Crippen molar-refractivity contribution in [3.05, 3.63) is 36.7 Å². The Bertz CT molecular complexity index is 574. The molecule has 1 aromatic carbocycles. The van der Waals surface area contributed by atoms with E-state index in [9.17, 15) is 0 Å². The molecule has 0 saturated heterocycles. The highest BCUT2D eigenvalue weighted by Crippen LogP contribution is 2.21. The van der Waals surface area contributed by atoms with Gasteiger partial charge >= 0.3 is 0 Å². The molecule has 0 amide bonds. The van der Waals surface area contributed by atoms with E-state index in [2.05, 4.69) is 15.2 Å². The Labute approximate surface area is 85.5 Å². The summed E-state index contributed by atoms with van der Waals surface area (Å²) in [5.41, 5.74) is 1.94. The summed E-state index contributed by atoms with van der Waals surface area (Å²) in [7, 11) is 0. The van der Waals surface area contributed by atoms with Gasteiger partial charge in [0.1, 0.15) is 6.33 Å². The second kappa shape index (κ2) is 2.84. The SMILES string of the molecule is Nn1cnnc1-c1cc2ccccc2[nH]1. The van der Waals surface area contributed by atoms with Gasteiger partial charge in [0.15, 0.2) is 5.82 Å². The van der Waals surface area contributed by atoms with Crippen molar-refractivity contribution < 1.29 is 0 Å². The van der Waals surface area contributed by atoms with Crippen LogP contribution in [0.15, 0.2) is 36.7 Å². The molecule has 3 rings (SSSR count). The van der Waals surface area contributed by atoms with Crippen molar-refractivity contribution in [2.24, 2.45) is 0 Å². The van der Waals surface area contributed by atoms with Crippen molar-refractivity contribution in [3.8, 4) is 11.5 Å². The van der Waals surface area contributed by atoms with Crippen molar-refractivity contribution in [1.82, 2.24) is 19.9 Å². The predicted octanol–water partition coefficient (Wildman–Crippen LogP) is 1.14. The van der Waals surface area contributed by atoms with Crippen molar-refractivity contribution in [3.63, 3.8) is 0 Å². The number of H-pyrrole nitrogens is 1. The van der Waals surface area contributed by atoms with Gasteiger partial charge in [0.2, 0.25) is 0 Å². The number of rotatable bonds is 1. The highest BCUT2D eigenvalue weighted by atomic mass is 15.4. The molecule has 15 heavy (non-hydrogen) atoms. The molecular formula is C10H9N5. The minimum Gasteiger partial charge on any atom is -0.352 e. The van der Waals surface area contributed by atoms with Crippen LogP contribution >= 0.6 is 0 Å². The summed E-state index contributed by atoms with van der Waals surface area (Å²) in [5.74, 6) is 6.30. The zero-order valence-electron chi connectivity index (χ0n) is 7.88. The summed E-state index contributed by atoms with van der Waals surface area (Å²) < 4.78 is 1.39. The van der Waals surface area contributed by atoms with E-state index in [0.717, 1.165) is 16.6 Å². The zero-order valence-corrected chi connectivity index (χ0v) is 7.88. The van der Waals surface area contributed by atoms with Gasteiger partial charge in [0.05, 0.1) is 5.69 Å². The molecule has 5 nitrogen and oxygen atoms in total. The lowest BCUT2D eigenvalue weighted by atomic mass is 10.2. The van der Waals surface area contributed by atoms with E-state index < -0.39 is 0 Å². The monoisotopic (exact) mass is 199 g/mol. The van der Waals surface area contributed by atoms with Crippen LogP contribution in [0.4, 0.5) is 0 Å². The van der Waals surface area contributed by atoms with Gasteiger partial charge in [-0.25, -0.2) is 4.68 Å². The molecule has 74 valence electrons. The van der Waals surface area contributed by atoms with Crippen LogP contribution < -0.4 is 5.84 Å². The minimum atomic E-state index is 0.631. The Hall–Kier alpha value is -2.30. The molecule has 0 fully saturated rings. The number of hydrogen-bond donors (Lipinski definition) is 2. The van der Waals surface area contributed by atoms with E-state index in [1.807, 2.05) is 30.3 Å². The van der Waals surface area contributed by atoms with Gasteiger partial charge in [-0.05, 0) is 12.1 Å². The fourth-order valence-corrected chi connectivity index (χ4v) is 1.63. The third-order valence-corrected chi connectivity index (χ3v) is 2.34. The Morgan fingerprint density at radius 1 is 1.27 bits per heavy atom. The molecule has 5 heteroatoms. The molecule has 0 aliphatic rings. The lowest BCUT2D eigenvalue weighted by molar-refractivity contribution is 1.00. The smallest absolute Gasteiger partial charge is 0.198 e. The summed E-state index contributed by atoms with van der Waals surface area (Å²) in [5, 5.41) is 8.81. The fraction of sp³-hybridized carbons (Fsp3) is 0. The van der Waals surface area contributed by atoms with E-state index in [-0.39, 0.29) is 0 Å². The molecule has 0 aliphatic heterocycles. The normalized spacial score (nSPS) is 10.9. The number of benzene rings is 1. The van der Waals surface area contributed by atoms with Crippen LogP contribution in [-0.4, -0.2) is 19.9 Å². The molecule has 0 spiro atoms. The Kier molecular flexibility index (Phi) is 1.53. The number of nitrogens with one attached hydrogen (secondary N) is 1. The van der Waals surface area contributed by atoms with Crippen LogP contribution in [0.1, 0.15) is 0 Å². The molecule has 2 aromatic heterocycles. The molecule has 2 heterocycles. The molecule has 0 bridgehead atoms. The Morgan fingerprint density at radius 2 is 2.13 bits per heavy atom. The number of aromatic nitrogens is 4. The summed E-state index contributed by atoms with van der Waals surface area (Å²) in [6.07, 6.45) is 1.47. The van der Waals surface area contributed by atoms with Gasteiger partial charge in [0, 0.05) is 10.9 Å². The van der Waals surface area contributed by atoms with Gasteiger partial charge in [-0.3, -0.25) is 0 Å². The summed E-state index contributed by atoms with van der Waals surface area (Å²) >= 11 is 0. The molecule has 3 aromatic rings. The maximum Gasteiger partial charge on any atom is 0.198 e. The topological polar surface area (TPSA) is 72.5 Å². The first kappa shape index (κ1) is 8.05.